The lowest BCUT2D eigenvalue weighted by molar-refractivity contribution is 0.0697. The largest absolute Gasteiger partial charge is 0.493 e. The van der Waals surface area contributed by atoms with Gasteiger partial charge in [0.15, 0.2) is 0 Å². The van der Waals surface area contributed by atoms with Crippen molar-refractivity contribution in [3.05, 3.63) is 171 Å². The molecule has 0 amide bonds. The summed E-state index contributed by atoms with van der Waals surface area (Å²) in [5.41, 5.74) is 8.02. The minimum atomic E-state index is -3.65. The number of nitrogens with zero attached hydrogens (tertiary/aromatic N) is 1. The van der Waals surface area contributed by atoms with Gasteiger partial charge < -0.3 is 14.4 Å². The van der Waals surface area contributed by atoms with Gasteiger partial charge in [0.05, 0.1) is 24.0 Å². The molecule has 6 rings (SSSR count). The van der Waals surface area contributed by atoms with Crippen molar-refractivity contribution in [1.82, 2.24) is 9.29 Å². The Hall–Kier alpha value is -4.89. The minimum Gasteiger partial charge on any atom is -0.493 e. The van der Waals surface area contributed by atoms with Gasteiger partial charge in [0.2, 0.25) is 10.0 Å². The Morgan fingerprint density at radius 1 is 0.800 bits per heavy atom. The molecule has 0 unspecified atom stereocenters. The van der Waals surface area contributed by atoms with E-state index in [9.17, 15) is 18.3 Å². The molecule has 0 radical (unpaired) electrons. The lowest BCUT2D eigenvalue weighted by atomic mass is 9.97. The first kappa shape index (κ1) is 35.0. The molecule has 9 heteroatoms. The number of sulfonamides is 1. The summed E-state index contributed by atoms with van der Waals surface area (Å²) in [5, 5.41) is 10.8. The average Bonchev–Trinajstić information content (AvgIpc) is 3.39. The van der Waals surface area contributed by atoms with Crippen LogP contribution >= 0.6 is 11.6 Å². The van der Waals surface area contributed by atoms with E-state index in [1.165, 1.54) is 12.1 Å². The molecule has 1 heterocycles. The van der Waals surface area contributed by atoms with E-state index in [4.69, 9.17) is 16.3 Å². The Kier molecular flexibility index (Phi) is 10.7. The molecule has 0 saturated carbocycles. The van der Waals surface area contributed by atoms with E-state index in [2.05, 4.69) is 33.6 Å². The smallest absolute Gasteiger partial charge is 0.335 e. The van der Waals surface area contributed by atoms with Crippen LogP contribution in [-0.4, -0.2) is 37.2 Å². The molecule has 2 N–H and O–H groups in total. The summed E-state index contributed by atoms with van der Waals surface area (Å²) in [6.45, 7) is 4.37. The number of ether oxygens (including phenoxy) is 1. The number of hydrogen-bond donors (Lipinski definition) is 2. The number of fused-ring (bicyclic) bond motifs is 1. The standard InChI is InChI=1S/C41H39ClN2O5S/c1-28-10-9-11-29(2)37(28)27-50(47,48)43-24-22-39-35(23-25-49-34-19-16-32(17-20-34)41(45)46)36-26-33(42)18-21-38(36)44(39)40(30-12-5-3-6-13-30)31-14-7-4-8-15-31/h3-21,26,40,43H,22-25,27H2,1-2H3,(H,45,46). The number of hydrogen-bond acceptors (Lipinski definition) is 4. The maximum Gasteiger partial charge on any atom is 0.335 e. The first-order valence-corrected chi connectivity index (χ1v) is 18.5. The van der Waals surface area contributed by atoms with Crippen LogP contribution in [0.5, 0.6) is 5.75 Å². The number of carbonyl (C=O) groups is 1. The van der Waals surface area contributed by atoms with Crippen molar-refractivity contribution in [2.45, 2.75) is 38.5 Å². The predicted octanol–water partition coefficient (Wildman–Crippen LogP) is 8.53. The summed E-state index contributed by atoms with van der Waals surface area (Å²) in [6, 6.07) is 38.4. The third-order valence-corrected chi connectivity index (χ3v) is 10.6. The number of nitrogens with one attached hydrogen (secondary N) is 1. The van der Waals surface area contributed by atoms with E-state index in [-0.39, 0.29) is 23.9 Å². The molecular weight excluding hydrogens is 668 g/mol. The maximum atomic E-state index is 13.5. The number of carboxylic acids is 1. The molecule has 0 fully saturated rings. The van der Waals surface area contributed by atoms with E-state index in [0.717, 1.165) is 50.0 Å². The molecule has 5 aromatic carbocycles. The van der Waals surface area contributed by atoms with Crippen LogP contribution in [-0.2, 0) is 28.6 Å². The van der Waals surface area contributed by atoms with Crippen molar-refractivity contribution in [2.75, 3.05) is 13.2 Å². The van der Waals surface area contributed by atoms with Gasteiger partial charge in [-0.25, -0.2) is 17.9 Å². The Balaban J connectivity index is 1.41. The van der Waals surface area contributed by atoms with Gasteiger partial charge in [0, 0.05) is 41.0 Å². The quantitative estimate of drug-likeness (QED) is 0.118. The first-order chi connectivity index (χ1) is 24.1. The van der Waals surface area contributed by atoms with Crippen molar-refractivity contribution in [3.8, 4) is 5.75 Å². The van der Waals surface area contributed by atoms with Crippen LogP contribution in [0.4, 0.5) is 0 Å². The Bertz CT molecular complexity index is 2160. The van der Waals surface area contributed by atoms with Gasteiger partial charge in [-0.15, -0.1) is 0 Å². The molecule has 6 aromatic rings. The minimum absolute atomic E-state index is 0.0951. The van der Waals surface area contributed by atoms with Crippen molar-refractivity contribution >= 4 is 38.5 Å². The molecule has 1 aromatic heterocycles. The highest BCUT2D eigenvalue weighted by molar-refractivity contribution is 7.88. The third-order valence-electron chi connectivity index (χ3n) is 9.06. The molecule has 0 aliphatic carbocycles. The zero-order valence-electron chi connectivity index (χ0n) is 28.0. The summed E-state index contributed by atoms with van der Waals surface area (Å²) in [4.78, 5) is 11.3. The molecular formula is C41H39ClN2O5S. The van der Waals surface area contributed by atoms with Gasteiger partial charge in [0.25, 0.3) is 0 Å². The zero-order valence-corrected chi connectivity index (χ0v) is 29.5. The Morgan fingerprint density at radius 2 is 1.42 bits per heavy atom. The second-order valence-electron chi connectivity index (χ2n) is 12.4. The highest BCUT2D eigenvalue weighted by atomic mass is 35.5. The van der Waals surface area contributed by atoms with Crippen LogP contribution in [0.15, 0.2) is 121 Å². The van der Waals surface area contributed by atoms with Gasteiger partial charge in [-0.3, -0.25) is 0 Å². The fraction of sp³-hybridized carbons (Fsp3) is 0.195. The lowest BCUT2D eigenvalue weighted by Gasteiger charge is -2.25. The van der Waals surface area contributed by atoms with Crippen molar-refractivity contribution in [3.63, 3.8) is 0 Å². The van der Waals surface area contributed by atoms with E-state index in [1.807, 2.05) is 86.6 Å². The summed E-state index contributed by atoms with van der Waals surface area (Å²) in [6.07, 6.45) is 0.919. The van der Waals surface area contributed by atoms with Crippen LogP contribution in [0, 0.1) is 13.8 Å². The van der Waals surface area contributed by atoms with Gasteiger partial charge in [-0.2, -0.15) is 0 Å². The molecule has 0 aliphatic rings. The monoisotopic (exact) mass is 706 g/mol. The topological polar surface area (TPSA) is 97.6 Å². The number of aryl methyl sites for hydroxylation is 2. The van der Waals surface area contributed by atoms with Crippen molar-refractivity contribution in [2.24, 2.45) is 0 Å². The highest BCUT2D eigenvalue weighted by Gasteiger charge is 2.26. The highest BCUT2D eigenvalue weighted by Crippen LogP contribution is 2.38. The fourth-order valence-corrected chi connectivity index (χ4v) is 8.14. The molecule has 7 nitrogen and oxygen atoms in total. The molecule has 50 heavy (non-hydrogen) atoms. The summed E-state index contributed by atoms with van der Waals surface area (Å²) in [7, 11) is -3.65. The predicted molar refractivity (Wildman–Crippen MR) is 200 cm³/mol. The van der Waals surface area contributed by atoms with Crippen LogP contribution in [0.25, 0.3) is 10.9 Å². The summed E-state index contributed by atoms with van der Waals surface area (Å²) < 4.78 is 38.2. The fourth-order valence-electron chi connectivity index (χ4n) is 6.62. The first-order valence-electron chi connectivity index (χ1n) is 16.5. The summed E-state index contributed by atoms with van der Waals surface area (Å²) >= 11 is 6.62. The van der Waals surface area contributed by atoms with E-state index >= 15 is 0 Å². The SMILES string of the molecule is Cc1cccc(C)c1CS(=O)(=O)NCCc1c(CCOc2ccc(C(=O)O)cc2)c2cc(Cl)ccc2n1C(c1ccccc1)c1ccccc1. The zero-order chi connectivity index (χ0) is 35.3. The molecule has 256 valence electrons. The molecule has 0 saturated heterocycles. The van der Waals surface area contributed by atoms with Gasteiger partial charge >= 0.3 is 5.97 Å². The van der Waals surface area contributed by atoms with Gasteiger partial charge in [-0.1, -0.05) is 90.5 Å². The number of aromatic nitrogens is 1. The van der Waals surface area contributed by atoms with Gasteiger partial charge in [-0.05, 0) is 89.7 Å². The number of rotatable bonds is 14. The van der Waals surface area contributed by atoms with Crippen LogP contribution in [0.2, 0.25) is 5.02 Å². The lowest BCUT2D eigenvalue weighted by Crippen LogP contribution is -2.29. The number of aromatic carboxylic acids is 1. The van der Waals surface area contributed by atoms with Crippen molar-refractivity contribution in [1.29, 1.82) is 0 Å². The molecule has 0 atom stereocenters. The summed E-state index contributed by atoms with van der Waals surface area (Å²) in [5.74, 6) is -0.534. The molecule has 0 bridgehead atoms. The van der Waals surface area contributed by atoms with E-state index in [0.29, 0.717) is 30.2 Å². The Labute approximate surface area is 298 Å². The number of benzene rings is 5. The second-order valence-corrected chi connectivity index (χ2v) is 14.6. The normalized spacial score (nSPS) is 11.7. The molecule has 0 spiro atoms. The van der Waals surface area contributed by atoms with Gasteiger partial charge in [0.1, 0.15) is 5.75 Å². The average molecular weight is 707 g/mol. The van der Waals surface area contributed by atoms with Crippen LogP contribution in [0.3, 0.4) is 0 Å². The maximum absolute atomic E-state index is 13.5. The third kappa shape index (κ3) is 7.94. The van der Waals surface area contributed by atoms with Crippen LogP contribution < -0.4 is 9.46 Å². The van der Waals surface area contributed by atoms with E-state index in [1.54, 1.807) is 12.1 Å². The second kappa shape index (κ2) is 15.3. The number of halogens is 1. The Morgan fingerprint density at radius 3 is 2.02 bits per heavy atom. The number of carboxylic acid groups (broad SMARTS) is 1. The van der Waals surface area contributed by atoms with Crippen LogP contribution in [0.1, 0.15) is 55.5 Å². The van der Waals surface area contributed by atoms with Crippen molar-refractivity contribution < 1.29 is 23.1 Å². The molecule has 0 aliphatic heterocycles. The van der Waals surface area contributed by atoms with E-state index < -0.39 is 16.0 Å².